The van der Waals surface area contributed by atoms with Gasteiger partial charge in [0.25, 0.3) is 0 Å². The number of hydrogen-bond donors (Lipinski definition) is 0. The van der Waals surface area contributed by atoms with Crippen LogP contribution in [0.15, 0.2) is 24.4 Å². The third kappa shape index (κ3) is 2.46. The Kier molecular flexibility index (Phi) is 3.31. The molecular formula is C16H20N2O. The molecule has 0 atom stereocenters. The van der Waals surface area contributed by atoms with E-state index in [4.69, 9.17) is 0 Å². The average molecular weight is 256 g/mol. The number of carbonyl (C=O) groups is 1. The second-order valence-electron chi connectivity index (χ2n) is 5.91. The maximum Gasteiger partial charge on any atom is 0.153 e. The van der Waals surface area contributed by atoms with Crippen LogP contribution in [0.3, 0.4) is 0 Å². The smallest absolute Gasteiger partial charge is 0.153 e. The highest BCUT2D eigenvalue weighted by Crippen LogP contribution is 2.28. The summed E-state index contributed by atoms with van der Waals surface area (Å²) in [5.41, 5.74) is 4.69. The largest absolute Gasteiger partial charge is 0.298 e. The fraction of sp³-hybridized carbons (Fsp3) is 0.375. The molecule has 2 rings (SSSR count). The summed E-state index contributed by atoms with van der Waals surface area (Å²) in [4.78, 5) is 11.3. The van der Waals surface area contributed by atoms with Crippen molar-refractivity contribution in [3.05, 3.63) is 41.1 Å². The van der Waals surface area contributed by atoms with E-state index in [2.05, 4.69) is 45.8 Å². The fourth-order valence-corrected chi connectivity index (χ4v) is 2.03. The first-order chi connectivity index (χ1) is 8.84. The van der Waals surface area contributed by atoms with Crippen LogP contribution in [-0.4, -0.2) is 16.1 Å². The molecule has 2 aromatic rings. The number of carbonyl (C=O) groups excluding carboxylic acids is 1. The van der Waals surface area contributed by atoms with Gasteiger partial charge in [-0.2, -0.15) is 5.10 Å². The van der Waals surface area contributed by atoms with E-state index in [9.17, 15) is 4.79 Å². The maximum atomic E-state index is 11.3. The number of hydrogen-bond acceptors (Lipinski definition) is 2. The average Bonchev–Trinajstić information content (AvgIpc) is 2.76. The summed E-state index contributed by atoms with van der Waals surface area (Å²) < 4.78 is 1.86. The first kappa shape index (κ1) is 13.5. The van der Waals surface area contributed by atoms with E-state index < -0.39 is 0 Å². The van der Waals surface area contributed by atoms with Crippen molar-refractivity contribution in [1.82, 2.24) is 9.78 Å². The summed E-state index contributed by atoms with van der Waals surface area (Å²) in [7, 11) is 0. The minimum atomic E-state index is -0.131. The molecule has 3 nitrogen and oxygen atoms in total. The fourth-order valence-electron chi connectivity index (χ4n) is 2.03. The van der Waals surface area contributed by atoms with Crippen molar-refractivity contribution in [2.75, 3.05) is 0 Å². The molecule has 0 bridgehead atoms. The molecule has 1 aromatic carbocycles. The lowest BCUT2D eigenvalue weighted by Crippen LogP contribution is -2.22. The molecule has 1 heterocycles. The van der Waals surface area contributed by atoms with Crippen LogP contribution in [0.2, 0.25) is 0 Å². The van der Waals surface area contributed by atoms with Crippen LogP contribution in [0, 0.1) is 13.8 Å². The number of rotatable bonds is 2. The number of benzene rings is 1. The molecule has 0 saturated carbocycles. The van der Waals surface area contributed by atoms with Crippen molar-refractivity contribution in [1.29, 1.82) is 0 Å². The summed E-state index contributed by atoms with van der Waals surface area (Å²) in [6.07, 6.45) is 2.70. The van der Waals surface area contributed by atoms with Gasteiger partial charge in [-0.05, 0) is 45.7 Å². The minimum Gasteiger partial charge on any atom is -0.298 e. The van der Waals surface area contributed by atoms with Crippen LogP contribution >= 0.6 is 0 Å². The summed E-state index contributed by atoms with van der Waals surface area (Å²) >= 11 is 0. The van der Waals surface area contributed by atoms with Gasteiger partial charge in [0, 0.05) is 11.8 Å². The lowest BCUT2D eigenvalue weighted by molar-refractivity contribution is 0.112. The molecule has 0 fully saturated rings. The molecular weight excluding hydrogens is 236 g/mol. The Hall–Kier alpha value is -1.90. The van der Waals surface area contributed by atoms with Gasteiger partial charge in [0.1, 0.15) is 5.69 Å². The standard InChI is InChI=1S/C16H20N2O/c1-11-7-6-8-14(12(11)2)15-13(10-19)9-18(17-15)16(3,4)5/h6-10H,1-5H3. The van der Waals surface area contributed by atoms with Gasteiger partial charge >= 0.3 is 0 Å². The second kappa shape index (κ2) is 4.65. The van der Waals surface area contributed by atoms with Crippen LogP contribution in [-0.2, 0) is 5.54 Å². The van der Waals surface area contributed by atoms with Crippen molar-refractivity contribution < 1.29 is 4.79 Å². The third-order valence-electron chi connectivity index (χ3n) is 3.42. The minimum absolute atomic E-state index is 0.131. The van der Waals surface area contributed by atoms with E-state index >= 15 is 0 Å². The van der Waals surface area contributed by atoms with Crippen molar-refractivity contribution in [2.45, 2.75) is 40.2 Å². The number of nitrogens with zero attached hydrogens (tertiary/aromatic N) is 2. The number of aromatic nitrogens is 2. The molecule has 100 valence electrons. The van der Waals surface area contributed by atoms with Crippen LogP contribution in [0.25, 0.3) is 11.3 Å². The third-order valence-corrected chi connectivity index (χ3v) is 3.42. The molecule has 0 unspecified atom stereocenters. The maximum absolute atomic E-state index is 11.3. The number of aryl methyl sites for hydroxylation is 1. The molecule has 0 spiro atoms. The Morgan fingerprint density at radius 2 is 1.89 bits per heavy atom. The number of aldehydes is 1. The van der Waals surface area contributed by atoms with Gasteiger partial charge in [-0.3, -0.25) is 9.48 Å². The Balaban J connectivity index is 2.65. The highest BCUT2D eigenvalue weighted by Gasteiger charge is 2.19. The summed E-state index contributed by atoms with van der Waals surface area (Å²) in [5, 5.41) is 4.61. The molecule has 0 N–H and O–H groups in total. The summed E-state index contributed by atoms with van der Waals surface area (Å²) in [6, 6.07) is 6.09. The molecule has 0 aliphatic carbocycles. The molecule has 0 aliphatic heterocycles. The van der Waals surface area contributed by atoms with Crippen molar-refractivity contribution in [3.8, 4) is 11.3 Å². The van der Waals surface area contributed by atoms with Crippen molar-refractivity contribution in [2.24, 2.45) is 0 Å². The molecule has 3 heteroatoms. The highest BCUT2D eigenvalue weighted by atomic mass is 16.1. The summed E-state index contributed by atoms with van der Waals surface area (Å²) in [6.45, 7) is 10.3. The Bertz CT molecular complexity index is 618. The van der Waals surface area contributed by atoms with Gasteiger partial charge < -0.3 is 0 Å². The molecule has 1 aromatic heterocycles. The lowest BCUT2D eigenvalue weighted by Gasteiger charge is -2.18. The second-order valence-corrected chi connectivity index (χ2v) is 5.91. The van der Waals surface area contributed by atoms with Crippen molar-refractivity contribution in [3.63, 3.8) is 0 Å². The van der Waals surface area contributed by atoms with E-state index in [1.165, 1.54) is 11.1 Å². The zero-order valence-corrected chi connectivity index (χ0v) is 12.2. The van der Waals surface area contributed by atoms with E-state index in [0.29, 0.717) is 5.56 Å². The first-order valence-corrected chi connectivity index (χ1v) is 6.46. The van der Waals surface area contributed by atoms with Gasteiger partial charge in [-0.25, -0.2) is 0 Å². The van der Waals surface area contributed by atoms with E-state index in [1.807, 2.05) is 23.0 Å². The monoisotopic (exact) mass is 256 g/mol. The predicted octanol–water partition coefficient (Wildman–Crippen LogP) is 3.73. The highest BCUT2D eigenvalue weighted by molar-refractivity contribution is 5.86. The van der Waals surface area contributed by atoms with Crippen molar-refractivity contribution >= 4 is 6.29 Å². The summed E-state index contributed by atoms with van der Waals surface area (Å²) in [5.74, 6) is 0. The van der Waals surface area contributed by atoms with E-state index in [1.54, 1.807) is 0 Å². The SMILES string of the molecule is Cc1cccc(-c2nn(C(C)(C)C)cc2C=O)c1C. The Morgan fingerprint density at radius 3 is 2.47 bits per heavy atom. The quantitative estimate of drug-likeness (QED) is 0.767. The van der Waals surface area contributed by atoms with Gasteiger partial charge in [0.05, 0.1) is 11.1 Å². The van der Waals surface area contributed by atoms with E-state index in [0.717, 1.165) is 17.5 Å². The zero-order chi connectivity index (χ0) is 14.2. The predicted molar refractivity (Wildman–Crippen MR) is 77.5 cm³/mol. The van der Waals surface area contributed by atoms with Gasteiger partial charge in [0.15, 0.2) is 6.29 Å². The van der Waals surface area contributed by atoms with Crippen LogP contribution in [0.1, 0.15) is 42.3 Å². The topological polar surface area (TPSA) is 34.9 Å². The van der Waals surface area contributed by atoms with Crippen LogP contribution in [0.5, 0.6) is 0 Å². The molecule has 0 aliphatic rings. The van der Waals surface area contributed by atoms with Gasteiger partial charge in [-0.15, -0.1) is 0 Å². The molecule has 0 amide bonds. The first-order valence-electron chi connectivity index (χ1n) is 6.46. The van der Waals surface area contributed by atoms with Crippen LogP contribution in [0.4, 0.5) is 0 Å². The molecule has 0 saturated heterocycles. The lowest BCUT2D eigenvalue weighted by atomic mass is 9.99. The zero-order valence-electron chi connectivity index (χ0n) is 12.2. The normalized spacial score (nSPS) is 11.6. The van der Waals surface area contributed by atoms with Crippen LogP contribution < -0.4 is 0 Å². The van der Waals surface area contributed by atoms with Gasteiger partial charge in [0.2, 0.25) is 0 Å². The Labute approximate surface area is 114 Å². The Morgan fingerprint density at radius 1 is 1.21 bits per heavy atom. The molecule has 0 radical (unpaired) electrons. The molecule has 19 heavy (non-hydrogen) atoms. The van der Waals surface area contributed by atoms with E-state index in [-0.39, 0.29) is 5.54 Å². The van der Waals surface area contributed by atoms with Gasteiger partial charge in [-0.1, -0.05) is 18.2 Å².